The second-order valence-corrected chi connectivity index (χ2v) is 8.78. The average molecular weight is 420 g/mol. The highest BCUT2D eigenvalue weighted by molar-refractivity contribution is 7.87. The zero-order valence-corrected chi connectivity index (χ0v) is 16.0. The molecule has 2 saturated heterocycles. The van der Waals surface area contributed by atoms with Gasteiger partial charge in [0.25, 0.3) is 0 Å². The fourth-order valence-electron chi connectivity index (χ4n) is 2.92. The molecule has 0 aromatic carbocycles. The van der Waals surface area contributed by atoms with Crippen molar-refractivity contribution >= 4 is 10.1 Å². The van der Waals surface area contributed by atoms with Crippen LogP contribution in [0.15, 0.2) is 12.7 Å². The zero-order valence-electron chi connectivity index (χ0n) is 15.2. The molecule has 0 aliphatic carbocycles. The number of hydrogen-bond donors (Lipinski definition) is 1. The van der Waals surface area contributed by atoms with Gasteiger partial charge in [0.15, 0.2) is 17.9 Å². The van der Waals surface area contributed by atoms with Crippen LogP contribution in [0.2, 0.25) is 0 Å². The van der Waals surface area contributed by atoms with Gasteiger partial charge in [-0.1, -0.05) is 6.08 Å². The minimum absolute atomic E-state index is 0.829. The molecule has 0 bridgehead atoms. The Hall–Kier alpha value is -0.760. The van der Waals surface area contributed by atoms with E-state index in [1.807, 2.05) is 0 Å². The summed E-state index contributed by atoms with van der Waals surface area (Å²) in [5, 5.41) is 10.0. The van der Waals surface area contributed by atoms with Gasteiger partial charge >= 0.3 is 15.6 Å². The molecule has 5 atom stereocenters. The molecule has 0 radical (unpaired) electrons. The molecule has 0 amide bonds. The summed E-state index contributed by atoms with van der Waals surface area (Å²) in [6.45, 7) is 8.56. The molecular formula is C15H23F3O8S. The van der Waals surface area contributed by atoms with Crippen LogP contribution in [0.4, 0.5) is 13.2 Å². The van der Waals surface area contributed by atoms with E-state index in [2.05, 4.69) is 10.8 Å². The van der Waals surface area contributed by atoms with Crippen molar-refractivity contribution in [3.63, 3.8) is 0 Å². The van der Waals surface area contributed by atoms with E-state index in [1.165, 1.54) is 19.9 Å². The number of alkyl halides is 3. The summed E-state index contributed by atoms with van der Waals surface area (Å²) in [6, 6.07) is 0. The molecule has 0 unspecified atom stereocenters. The lowest BCUT2D eigenvalue weighted by Gasteiger charge is -2.43. The van der Waals surface area contributed by atoms with Gasteiger partial charge < -0.3 is 24.1 Å². The average Bonchev–Trinajstić information content (AvgIpc) is 2.76. The van der Waals surface area contributed by atoms with Crippen LogP contribution in [0.1, 0.15) is 27.7 Å². The van der Waals surface area contributed by atoms with Gasteiger partial charge in [0, 0.05) is 5.92 Å². The summed E-state index contributed by atoms with van der Waals surface area (Å²) in [6.07, 6.45) is -2.72. The SMILES string of the molecule is C=C[C@@H]1[C@H](OC(C)(C)O)[C@H]2OC(C)(C)O[C@H]2O[C@@H]1COS(=O)(=O)C(F)(F)F. The zero-order chi connectivity index (χ0) is 20.8. The third kappa shape index (κ3) is 5.19. The van der Waals surface area contributed by atoms with Crippen LogP contribution >= 0.6 is 0 Å². The van der Waals surface area contributed by atoms with Crippen molar-refractivity contribution in [2.24, 2.45) is 5.92 Å². The summed E-state index contributed by atoms with van der Waals surface area (Å²) in [5.41, 5.74) is -5.56. The maximum absolute atomic E-state index is 12.5. The van der Waals surface area contributed by atoms with Crippen LogP contribution in [0.25, 0.3) is 0 Å². The fraction of sp³-hybridized carbons (Fsp3) is 0.867. The molecule has 12 heteroatoms. The molecule has 2 heterocycles. The number of fused-ring (bicyclic) bond motifs is 1. The molecule has 0 aromatic heterocycles. The van der Waals surface area contributed by atoms with Crippen molar-refractivity contribution in [2.45, 2.75) is 69.4 Å². The van der Waals surface area contributed by atoms with Crippen LogP contribution in [0.3, 0.4) is 0 Å². The van der Waals surface area contributed by atoms with Crippen LogP contribution in [-0.2, 0) is 33.2 Å². The summed E-state index contributed by atoms with van der Waals surface area (Å²) >= 11 is 0. The Bertz CT molecular complexity index is 655. The standard InChI is InChI=1S/C15H23F3O8S/c1-6-8-9(7-22-27(20,21)15(16,17)18)23-12-11(25-14(4,5)26-12)10(8)24-13(2,3)19/h6,8-12,19H,1,7H2,2-5H3/t8-,9+,10-,11+,12+/m0/s1. The van der Waals surface area contributed by atoms with E-state index in [9.17, 15) is 26.7 Å². The number of aliphatic hydroxyl groups is 1. The largest absolute Gasteiger partial charge is 0.523 e. The Kier molecular flexibility index (Phi) is 6.05. The Morgan fingerprint density at radius 3 is 2.33 bits per heavy atom. The van der Waals surface area contributed by atoms with Gasteiger partial charge in [-0.15, -0.1) is 6.58 Å². The monoisotopic (exact) mass is 420 g/mol. The highest BCUT2D eigenvalue weighted by Gasteiger charge is 2.56. The topological polar surface area (TPSA) is 101 Å². The molecule has 0 saturated carbocycles. The predicted molar refractivity (Wildman–Crippen MR) is 84.5 cm³/mol. The summed E-state index contributed by atoms with van der Waals surface area (Å²) < 4.78 is 86.4. The molecule has 0 aromatic rings. The molecular weight excluding hydrogens is 397 g/mol. The van der Waals surface area contributed by atoms with E-state index in [4.69, 9.17) is 18.9 Å². The van der Waals surface area contributed by atoms with Crippen LogP contribution < -0.4 is 0 Å². The lowest BCUT2D eigenvalue weighted by Crippen LogP contribution is -2.57. The smallest absolute Gasteiger partial charge is 0.366 e. The normalized spacial score (nSPS) is 34.3. The number of rotatable bonds is 6. The third-order valence-electron chi connectivity index (χ3n) is 3.90. The van der Waals surface area contributed by atoms with Gasteiger partial charge in [-0.05, 0) is 27.7 Å². The van der Waals surface area contributed by atoms with E-state index < -0.39 is 64.3 Å². The minimum atomic E-state index is -5.80. The van der Waals surface area contributed by atoms with Crippen LogP contribution in [0, 0.1) is 5.92 Å². The van der Waals surface area contributed by atoms with Gasteiger partial charge in [0.1, 0.15) is 12.2 Å². The van der Waals surface area contributed by atoms with E-state index >= 15 is 0 Å². The maximum atomic E-state index is 12.5. The molecule has 8 nitrogen and oxygen atoms in total. The molecule has 158 valence electrons. The number of ether oxygens (including phenoxy) is 4. The van der Waals surface area contributed by atoms with E-state index in [0.29, 0.717) is 0 Å². The van der Waals surface area contributed by atoms with Gasteiger partial charge in [-0.25, -0.2) is 0 Å². The second-order valence-electron chi connectivity index (χ2n) is 7.17. The predicted octanol–water partition coefficient (Wildman–Crippen LogP) is 1.64. The Morgan fingerprint density at radius 1 is 1.26 bits per heavy atom. The lowest BCUT2D eigenvalue weighted by atomic mass is 9.89. The molecule has 1 N–H and O–H groups in total. The van der Waals surface area contributed by atoms with Crippen molar-refractivity contribution in [1.82, 2.24) is 0 Å². The number of hydrogen-bond acceptors (Lipinski definition) is 8. The summed E-state index contributed by atoms with van der Waals surface area (Å²) in [5.74, 6) is -3.55. The quantitative estimate of drug-likeness (QED) is 0.300. The van der Waals surface area contributed by atoms with Crippen molar-refractivity contribution < 1.29 is 49.8 Å². The van der Waals surface area contributed by atoms with Crippen molar-refractivity contribution in [3.8, 4) is 0 Å². The van der Waals surface area contributed by atoms with Crippen LogP contribution in [0.5, 0.6) is 0 Å². The molecule has 0 spiro atoms. The molecule has 2 aliphatic heterocycles. The van der Waals surface area contributed by atoms with Crippen molar-refractivity contribution in [3.05, 3.63) is 12.7 Å². The maximum Gasteiger partial charge on any atom is 0.523 e. The van der Waals surface area contributed by atoms with Gasteiger partial charge in [0.05, 0.1) is 12.7 Å². The van der Waals surface area contributed by atoms with Crippen LogP contribution in [-0.4, -0.2) is 61.8 Å². The minimum Gasteiger partial charge on any atom is -0.366 e. The highest BCUT2D eigenvalue weighted by atomic mass is 32.2. The Labute approximate surface area is 155 Å². The van der Waals surface area contributed by atoms with Gasteiger partial charge in [0.2, 0.25) is 0 Å². The Balaban J connectivity index is 2.26. The highest BCUT2D eigenvalue weighted by Crippen LogP contribution is 2.41. The van der Waals surface area contributed by atoms with Gasteiger partial charge in [-0.3, -0.25) is 4.18 Å². The van der Waals surface area contributed by atoms with Crippen molar-refractivity contribution in [1.29, 1.82) is 0 Å². The van der Waals surface area contributed by atoms with E-state index in [1.54, 1.807) is 13.8 Å². The molecule has 2 fully saturated rings. The summed E-state index contributed by atoms with van der Waals surface area (Å²) in [4.78, 5) is 0. The molecule has 2 aliphatic rings. The van der Waals surface area contributed by atoms with E-state index in [-0.39, 0.29) is 0 Å². The Morgan fingerprint density at radius 2 is 1.85 bits per heavy atom. The second kappa shape index (κ2) is 7.25. The summed E-state index contributed by atoms with van der Waals surface area (Å²) in [7, 11) is -5.80. The van der Waals surface area contributed by atoms with E-state index in [0.717, 1.165) is 0 Å². The molecule has 2 rings (SSSR count). The fourth-order valence-corrected chi connectivity index (χ4v) is 3.36. The third-order valence-corrected chi connectivity index (χ3v) is 4.91. The van der Waals surface area contributed by atoms with Crippen molar-refractivity contribution in [2.75, 3.05) is 6.61 Å². The first-order valence-corrected chi connectivity index (χ1v) is 9.47. The number of halogens is 3. The van der Waals surface area contributed by atoms with Gasteiger partial charge in [-0.2, -0.15) is 21.6 Å². The lowest BCUT2D eigenvalue weighted by molar-refractivity contribution is -0.287. The first kappa shape index (κ1) is 22.5. The first-order chi connectivity index (χ1) is 12.1. The molecule has 27 heavy (non-hydrogen) atoms. The first-order valence-electron chi connectivity index (χ1n) is 8.06.